The van der Waals surface area contributed by atoms with Crippen LogP contribution in [0.1, 0.15) is 13.8 Å². The monoisotopic (exact) mass is 287 g/mol. The number of hydrogen-bond donors (Lipinski definition) is 2. The highest BCUT2D eigenvalue weighted by molar-refractivity contribution is 5.87. The molecule has 0 aliphatic carbocycles. The van der Waals surface area contributed by atoms with E-state index in [0.29, 0.717) is 6.54 Å². The summed E-state index contributed by atoms with van der Waals surface area (Å²) in [4.78, 5) is 36.3. The number of carbonyl (C=O) groups is 3. The van der Waals surface area contributed by atoms with Gasteiger partial charge in [0.25, 0.3) is 0 Å². The molecular weight excluding hydrogens is 266 g/mol. The van der Waals surface area contributed by atoms with Crippen molar-refractivity contribution in [3.8, 4) is 0 Å². The van der Waals surface area contributed by atoms with Gasteiger partial charge in [-0.05, 0) is 5.92 Å². The molecule has 0 saturated carbocycles. The van der Waals surface area contributed by atoms with Crippen LogP contribution >= 0.6 is 0 Å². The van der Waals surface area contributed by atoms with Crippen molar-refractivity contribution in [2.45, 2.75) is 26.0 Å². The van der Waals surface area contributed by atoms with Crippen LogP contribution in [0.15, 0.2) is 0 Å². The molecule has 0 aromatic heterocycles. The van der Waals surface area contributed by atoms with Gasteiger partial charge in [-0.3, -0.25) is 4.79 Å². The van der Waals surface area contributed by atoms with E-state index in [9.17, 15) is 14.4 Å². The van der Waals surface area contributed by atoms with E-state index in [2.05, 4.69) is 10.1 Å². The Hall–Kier alpha value is -1.83. The predicted octanol–water partition coefficient (Wildman–Crippen LogP) is -0.920. The molecule has 1 heterocycles. The first kappa shape index (κ1) is 16.2. The van der Waals surface area contributed by atoms with Crippen molar-refractivity contribution in [2.75, 3.05) is 26.8 Å². The Morgan fingerprint density at radius 3 is 2.55 bits per heavy atom. The van der Waals surface area contributed by atoms with Crippen LogP contribution in [0.4, 0.5) is 4.79 Å². The van der Waals surface area contributed by atoms with Crippen LogP contribution in [0.3, 0.4) is 0 Å². The minimum atomic E-state index is -0.793. The highest BCUT2D eigenvalue weighted by atomic mass is 16.6. The Kier molecular flexibility index (Phi) is 5.75. The minimum Gasteiger partial charge on any atom is -0.467 e. The van der Waals surface area contributed by atoms with E-state index in [0.717, 1.165) is 0 Å². The number of nitrogens with two attached hydrogens (primary N) is 1. The van der Waals surface area contributed by atoms with E-state index in [1.807, 2.05) is 0 Å². The Labute approximate surface area is 117 Å². The molecule has 1 aliphatic rings. The lowest BCUT2D eigenvalue weighted by molar-refractivity contribution is -0.163. The molecule has 0 spiro atoms. The molecule has 2 atom stereocenters. The fourth-order valence-electron chi connectivity index (χ4n) is 1.99. The zero-order chi connectivity index (χ0) is 15.3. The number of carbonyl (C=O) groups excluding carboxylic acids is 3. The van der Waals surface area contributed by atoms with Crippen LogP contribution < -0.4 is 11.1 Å². The molecule has 3 N–H and O–H groups in total. The number of rotatable bonds is 4. The second-order valence-electron chi connectivity index (χ2n) is 4.90. The molecule has 2 unspecified atom stereocenters. The number of urea groups is 1. The van der Waals surface area contributed by atoms with E-state index < -0.39 is 24.1 Å². The third-order valence-corrected chi connectivity index (χ3v) is 3.07. The molecule has 0 radical (unpaired) electrons. The van der Waals surface area contributed by atoms with Crippen molar-refractivity contribution < 1.29 is 23.9 Å². The topological polar surface area (TPSA) is 111 Å². The van der Waals surface area contributed by atoms with Crippen molar-refractivity contribution in [1.82, 2.24) is 10.2 Å². The van der Waals surface area contributed by atoms with Gasteiger partial charge in [0.15, 0.2) is 6.10 Å². The minimum absolute atomic E-state index is 0.106. The second-order valence-corrected chi connectivity index (χ2v) is 4.90. The summed E-state index contributed by atoms with van der Waals surface area (Å²) in [5.74, 6) is -0.920. The van der Waals surface area contributed by atoms with E-state index in [-0.39, 0.29) is 25.0 Å². The van der Waals surface area contributed by atoms with Crippen LogP contribution in [0.5, 0.6) is 0 Å². The molecule has 1 aliphatic heterocycles. The molecule has 8 heteroatoms. The fourth-order valence-corrected chi connectivity index (χ4v) is 1.99. The maximum Gasteiger partial charge on any atom is 0.336 e. The number of ether oxygens (including phenoxy) is 2. The Bertz CT molecular complexity index is 385. The molecule has 0 aromatic carbocycles. The molecule has 1 fully saturated rings. The number of morpholine rings is 1. The molecule has 3 amide bonds. The average Bonchev–Trinajstić information content (AvgIpc) is 2.42. The van der Waals surface area contributed by atoms with E-state index >= 15 is 0 Å². The molecule has 1 saturated heterocycles. The van der Waals surface area contributed by atoms with Gasteiger partial charge in [-0.15, -0.1) is 0 Å². The maximum absolute atomic E-state index is 12.4. The lowest BCUT2D eigenvalue weighted by Crippen LogP contribution is -2.57. The summed E-state index contributed by atoms with van der Waals surface area (Å²) in [5.41, 5.74) is 5.08. The van der Waals surface area contributed by atoms with E-state index in [4.69, 9.17) is 10.5 Å². The lowest BCUT2D eigenvalue weighted by Gasteiger charge is -2.34. The van der Waals surface area contributed by atoms with Gasteiger partial charge in [-0.1, -0.05) is 13.8 Å². The second kappa shape index (κ2) is 7.09. The van der Waals surface area contributed by atoms with Gasteiger partial charge in [-0.2, -0.15) is 0 Å². The molecular formula is C12H21N3O5. The fraction of sp³-hybridized carbons (Fsp3) is 0.750. The normalized spacial score (nSPS) is 20.4. The first-order valence-corrected chi connectivity index (χ1v) is 6.41. The summed E-state index contributed by atoms with van der Waals surface area (Å²) in [6.07, 6.45) is -0.793. The van der Waals surface area contributed by atoms with Gasteiger partial charge in [0, 0.05) is 6.54 Å². The van der Waals surface area contributed by atoms with Crippen molar-refractivity contribution in [1.29, 1.82) is 0 Å². The third-order valence-electron chi connectivity index (χ3n) is 3.07. The SMILES string of the molecule is COC(=O)C1CN(C(=O)C(NC(N)=O)C(C)C)CCO1. The van der Waals surface area contributed by atoms with Crippen molar-refractivity contribution in [3.63, 3.8) is 0 Å². The number of hydrogen-bond acceptors (Lipinski definition) is 5. The van der Waals surface area contributed by atoms with E-state index in [1.165, 1.54) is 12.0 Å². The van der Waals surface area contributed by atoms with Crippen LogP contribution in [0.25, 0.3) is 0 Å². The van der Waals surface area contributed by atoms with Gasteiger partial charge in [0.2, 0.25) is 5.91 Å². The third kappa shape index (κ3) is 4.09. The van der Waals surface area contributed by atoms with Crippen LogP contribution in [0, 0.1) is 5.92 Å². The summed E-state index contributed by atoms with van der Waals surface area (Å²) in [6, 6.07) is -1.47. The predicted molar refractivity (Wildman–Crippen MR) is 69.7 cm³/mol. The summed E-state index contributed by atoms with van der Waals surface area (Å²) in [6.45, 7) is 4.31. The Morgan fingerprint density at radius 2 is 2.05 bits per heavy atom. The van der Waals surface area contributed by atoms with Crippen LogP contribution in [0.2, 0.25) is 0 Å². The Balaban J connectivity index is 2.73. The molecule has 20 heavy (non-hydrogen) atoms. The lowest BCUT2D eigenvalue weighted by atomic mass is 10.0. The molecule has 0 bridgehead atoms. The van der Waals surface area contributed by atoms with Gasteiger partial charge >= 0.3 is 12.0 Å². The van der Waals surface area contributed by atoms with Crippen LogP contribution in [-0.2, 0) is 19.1 Å². The average molecular weight is 287 g/mol. The van der Waals surface area contributed by atoms with Gasteiger partial charge in [0.1, 0.15) is 6.04 Å². The number of primary amides is 1. The first-order valence-electron chi connectivity index (χ1n) is 6.41. The largest absolute Gasteiger partial charge is 0.467 e. The summed E-state index contributed by atoms with van der Waals surface area (Å²) in [7, 11) is 1.26. The highest BCUT2D eigenvalue weighted by Gasteiger charge is 2.34. The number of nitrogens with zero attached hydrogens (tertiary/aromatic N) is 1. The Morgan fingerprint density at radius 1 is 1.40 bits per heavy atom. The molecule has 1 rings (SSSR count). The molecule has 8 nitrogen and oxygen atoms in total. The van der Waals surface area contributed by atoms with Crippen molar-refractivity contribution in [3.05, 3.63) is 0 Å². The molecule has 114 valence electrons. The van der Waals surface area contributed by atoms with E-state index in [1.54, 1.807) is 13.8 Å². The molecule has 0 aromatic rings. The summed E-state index contributed by atoms with van der Waals surface area (Å²) < 4.78 is 9.85. The zero-order valence-electron chi connectivity index (χ0n) is 11.9. The number of amides is 3. The van der Waals surface area contributed by atoms with Gasteiger partial charge in [0.05, 0.1) is 20.3 Å². The first-order chi connectivity index (χ1) is 9.36. The van der Waals surface area contributed by atoms with Gasteiger partial charge < -0.3 is 25.4 Å². The maximum atomic E-state index is 12.4. The quantitative estimate of drug-likeness (QED) is 0.650. The van der Waals surface area contributed by atoms with Crippen molar-refractivity contribution in [2.24, 2.45) is 11.7 Å². The van der Waals surface area contributed by atoms with Crippen LogP contribution in [-0.4, -0.2) is 61.8 Å². The summed E-state index contributed by atoms with van der Waals surface area (Å²) >= 11 is 0. The summed E-state index contributed by atoms with van der Waals surface area (Å²) in [5, 5.41) is 2.43. The number of esters is 1. The van der Waals surface area contributed by atoms with Crippen molar-refractivity contribution >= 4 is 17.9 Å². The number of nitrogens with one attached hydrogen (secondary N) is 1. The van der Waals surface area contributed by atoms with Gasteiger partial charge in [-0.25, -0.2) is 9.59 Å². The smallest absolute Gasteiger partial charge is 0.336 e. The standard InChI is InChI=1S/C12H21N3O5/c1-7(2)9(14-12(13)18)10(16)15-4-5-20-8(6-15)11(17)19-3/h7-9H,4-6H2,1-3H3,(H3,13,14,18). The number of methoxy groups -OCH3 is 1. The highest BCUT2D eigenvalue weighted by Crippen LogP contribution is 2.12. The zero-order valence-corrected chi connectivity index (χ0v) is 11.9.